The van der Waals surface area contributed by atoms with Crippen molar-refractivity contribution in [2.75, 3.05) is 0 Å². The number of hydrogen-bond donors (Lipinski definition) is 0. The quantitative estimate of drug-likeness (QED) is 0.174. The first-order valence-electron chi connectivity index (χ1n) is 20.9. The van der Waals surface area contributed by atoms with Crippen LogP contribution < -0.4 is 0 Å². The van der Waals surface area contributed by atoms with Crippen molar-refractivity contribution in [2.24, 2.45) is 0 Å². The van der Waals surface area contributed by atoms with E-state index in [9.17, 15) is 0 Å². The van der Waals surface area contributed by atoms with E-state index in [1.54, 1.807) is 0 Å². The minimum Gasteiger partial charge on any atom is -0.455 e. The maximum atomic E-state index is 7.07. The molecule has 0 N–H and O–H groups in total. The molecule has 3 aromatic heterocycles. The Kier molecular flexibility index (Phi) is 7.54. The lowest BCUT2D eigenvalue weighted by Gasteiger charge is -2.13. The molecule has 0 radical (unpaired) electrons. The SMILES string of the molecule is c1ccc(-c2cccc(-c3nc(-c4ccccc4)nc(-c4cccc5c4oc4c6ccccc6c(-n6c7cc8ccccc8cc7c7c8ccccc8ccc76)cc54)n3)c2)cc1. The Morgan fingerprint density at radius 3 is 1.71 bits per heavy atom. The summed E-state index contributed by atoms with van der Waals surface area (Å²) in [6.45, 7) is 0. The summed E-state index contributed by atoms with van der Waals surface area (Å²) in [5.41, 5.74) is 9.84. The predicted molar refractivity (Wildman–Crippen MR) is 256 cm³/mol. The van der Waals surface area contributed by atoms with Crippen LogP contribution >= 0.6 is 0 Å². The van der Waals surface area contributed by atoms with E-state index in [1.807, 2.05) is 36.4 Å². The van der Waals surface area contributed by atoms with Crippen LogP contribution in [0.1, 0.15) is 0 Å². The van der Waals surface area contributed by atoms with E-state index in [-0.39, 0.29) is 0 Å². The topological polar surface area (TPSA) is 56.7 Å². The van der Waals surface area contributed by atoms with Gasteiger partial charge in [-0.25, -0.2) is 15.0 Å². The Balaban J connectivity index is 1.07. The van der Waals surface area contributed by atoms with Crippen molar-refractivity contribution in [2.45, 2.75) is 0 Å². The van der Waals surface area contributed by atoms with Gasteiger partial charge in [-0.15, -0.1) is 0 Å². The second-order valence-electron chi connectivity index (χ2n) is 16.0. The molecule has 288 valence electrons. The van der Waals surface area contributed by atoms with E-state index in [0.717, 1.165) is 77.2 Å². The van der Waals surface area contributed by atoms with E-state index in [2.05, 4.69) is 174 Å². The summed E-state index contributed by atoms with van der Waals surface area (Å²) in [7, 11) is 0. The molecule has 3 heterocycles. The average molecular weight is 791 g/mol. The smallest absolute Gasteiger partial charge is 0.167 e. The Labute approximate surface area is 355 Å². The summed E-state index contributed by atoms with van der Waals surface area (Å²) >= 11 is 0. The molecule has 0 unspecified atom stereocenters. The monoisotopic (exact) mass is 790 g/mol. The standard InChI is InChI=1S/C57H34N4O/c1-3-15-35(16-4-1)38-22-13-23-41(31-38)56-58-55(37-18-5-2-6-19-37)59-57(60-56)46-28-14-27-45-47-34-51(43-25-11-12-26-44(43)54(47)62-53(45)46)61-49-30-29-36-17-9-10-24-42(36)52(49)48-32-39-20-7-8-21-40(39)33-50(48)61/h1-34H. The minimum absolute atomic E-state index is 0.550. The largest absolute Gasteiger partial charge is 0.455 e. The second-order valence-corrected chi connectivity index (χ2v) is 16.0. The van der Waals surface area contributed by atoms with Crippen molar-refractivity contribution in [3.05, 3.63) is 206 Å². The highest BCUT2D eigenvalue weighted by Gasteiger charge is 2.23. The fourth-order valence-corrected chi connectivity index (χ4v) is 9.50. The van der Waals surface area contributed by atoms with Crippen LogP contribution in [0.25, 0.3) is 127 Å². The van der Waals surface area contributed by atoms with Crippen molar-refractivity contribution in [3.8, 4) is 51.0 Å². The van der Waals surface area contributed by atoms with E-state index >= 15 is 0 Å². The number of benzene rings is 10. The second kappa shape index (κ2) is 13.6. The number of hydrogen-bond acceptors (Lipinski definition) is 4. The third-order valence-electron chi connectivity index (χ3n) is 12.4. The summed E-state index contributed by atoms with van der Waals surface area (Å²) in [5, 5.41) is 11.5. The van der Waals surface area contributed by atoms with Gasteiger partial charge in [0.2, 0.25) is 0 Å². The molecule has 0 atom stereocenters. The molecule has 5 heteroatoms. The summed E-state index contributed by atoms with van der Waals surface area (Å²) in [4.78, 5) is 15.4. The first-order chi connectivity index (χ1) is 30.7. The first kappa shape index (κ1) is 34.5. The molecule has 0 aliphatic carbocycles. The molecule has 0 saturated carbocycles. The van der Waals surface area contributed by atoms with Crippen molar-refractivity contribution >= 4 is 76.1 Å². The Morgan fingerprint density at radius 1 is 0.323 bits per heavy atom. The number of rotatable bonds is 5. The minimum atomic E-state index is 0.550. The Morgan fingerprint density at radius 2 is 0.903 bits per heavy atom. The van der Waals surface area contributed by atoms with Crippen LogP contribution in [0.4, 0.5) is 0 Å². The zero-order chi connectivity index (χ0) is 40.7. The molecule has 0 aliphatic heterocycles. The third-order valence-corrected chi connectivity index (χ3v) is 12.4. The van der Waals surface area contributed by atoms with Gasteiger partial charge in [0.25, 0.3) is 0 Å². The number of aromatic nitrogens is 4. The van der Waals surface area contributed by atoms with Gasteiger partial charge >= 0.3 is 0 Å². The predicted octanol–water partition coefficient (Wildman–Crippen LogP) is 15.0. The van der Waals surface area contributed by atoms with E-state index in [1.165, 1.54) is 32.3 Å². The molecule has 13 aromatic rings. The van der Waals surface area contributed by atoms with E-state index in [4.69, 9.17) is 19.4 Å². The number of nitrogens with zero attached hydrogens (tertiary/aromatic N) is 4. The molecule has 10 aromatic carbocycles. The van der Waals surface area contributed by atoms with Gasteiger partial charge in [0.1, 0.15) is 11.2 Å². The molecule has 62 heavy (non-hydrogen) atoms. The molecule has 0 fully saturated rings. The summed E-state index contributed by atoms with van der Waals surface area (Å²) in [6.07, 6.45) is 0. The van der Waals surface area contributed by atoms with Gasteiger partial charge in [0.05, 0.1) is 22.3 Å². The molecule has 0 saturated heterocycles. The fourth-order valence-electron chi connectivity index (χ4n) is 9.50. The highest BCUT2D eigenvalue weighted by Crippen LogP contribution is 2.44. The van der Waals surface area contributed by atoms with Crippen molar-refractivity contribution in [3.63, 3.8) is 0 Å². The van der Waals surface area contributed by atoms with Crippen molar-refractivity contribution in [1.82, 2.24) is 19.5 Å². The fraction of sp³-hybridized carbons (Fsp3) is 0. The van der Waals surface area contributed by atoms with Crippen LogP contribution in [-0.4, -0.2) is 19.5 Å². The average Bonchev–Trinajstić information content (AvgIpc) is 3.89. The lowest BCUT2D eigenvalue weighted by atomic mass is 10.0. The highest BCUT2D eigenvalue weighted by molar-refractivity contribution is 6.25. The van der Waals surface area contributed by atoms with Gasteiger partial charge in [-0.3, -0.25) is 0 Å². The first-order valence-corrected chi connectivity index (χ1v) is 20.9. The molecule has 0 aliphatic rings. The Bertz CT molecular complexity index is 3920. The molecule has 0 spiro atoms. The highest BCUT2D eigenvalue weighted by atomic mass is 16.3. The van der Waals surface area contributed by atoms with Gasteiger partial charge in [0.15, 0.2) is 17.5 Å². The number of furan rings is 1. The summed E-state index contributed by atoms with van der Waals surface area (Å²) < 4.78 is 9.53. The summed E-state index contributed by atoms with van der Waals surface area (Å²) in [5.74, 6) is 1.75. The van der Waals surface area contributed by atoms with Gasteiger partial charge < -0.3 is 8.98 Å². The van der Waals surface area contributed by atoms with Crippen molar-refractivity contribution < 1.29 is 4.42 Å². The van der Waals surface area contributed by atoms with Gasteiger partial charge in [-0.05, 0) is 69.1 Å². The van der Waals surface area contributed by atoms with Crippen LogP contribution in [0.3, 0.4) is 0 Å². The Hall–Kier alpha value is -8.41. The molecule has 13 rings (SSSR count). The molecule has 0 amide bonds. The molecule has 5 nitrogen and oxygen atoms in total. The lowest BCUT2D eigenvalue weighted by Crippen LogP contribution is -2.00. The van der Waals surface area contributed by atoms with Crippen LogP contribution in [0.15, 0.2) is 211 Å². The van der Waals surface area contributed by atoms with E-state index in [0.29, 0.717) is 17.5 Å². The molecular formula is C57H34N4O. The zero-order valence-electron chi connectivity index (χ0n) is 33.3. The van der Waals surface area contributed by atoms with Crippen LogP contribution in [0.5, 0.6) is 0 Å². The number of fused-ring (bicyclic) bond motifs is 11. The van der Waals surface area contributed by atoms with Crippen molar-refractivity contribution in [1.29, 1.82) is 0 Å². The van der Waals surface area contributed by atoms with Gasteiger partial charge in [0, 0.05) is 43.4 Å². The maximum absolute atomic E-state index is 7.07. The molecule has 0 bridgehead atoms. The summed E-state index contributed by atoms with van der Waals surface area (Å²) in [6, 6.07) is 72.7. The maximum Gasteiger partial charge on any atom is 0.167 e. The van der Waals surface area contributed by atoms with Crippen LogP contribution in [-0.2, 0) is 0 Å². The third kappa shape index (κ3) is 5.32. The van der Waals surface area contributed by atoms with Crippen LogP contribution in [0, 0.1) is 0 Å². The molecular weight excluding hydrogens is 757 g/mol. The van der Waals surface area contributed by atoms with E-state index < -0.39 is 0 Å². The van der Waals surface area contributed by atoms with Gasteiger partial charge in [-0.2, -0.15) is 0 Å². The number of para-hydroxylation sites is 1. The van der Waals surface area contributed by atoms with Crippen LogP contribution in [0.2, 0.25) is 0 Å². The zero-order valence-corrected chi connectivity index (χ0v) is 33.3. The lowest BCUT2D eigenvalue weighted by molar-refractivity contribution is 0.673. The van der Waals surface area contributed by atoms with Gasteiger partial charge in [-0.1, -0.05) is 170 Å². The normalized spacial score (nSPS) is 11.9.